The van der Waals surface area contributed by atoms with Gasteiger partial charge in [0, 0.05) is 12.6 Å². The van der Waals surface area contributed by atoms with Gasteiger partial charge >= 0.3 is 0 Å². The highest BCUT2D eigenvalue weighted by Crippen LogP contribution is 2.35. The Balaban J connectivity index is 0.000000810. The van der Waals surface area contributed by atoms with Crippen molar-refractivity contribution in [3.63, 3.8) is 0 Å². The summed E-state index contributed by atoms with van der Waals surface area (Å²) in [5.41, 5.74) is 0. The fraction of sp³-hybridized carbons (Fsp3) is 0.636. The lowest BCUT2D eigenvalue weighted by Crippen LogP contribution is -2.28. The number of hydrogen-bond acceptors (Lipinski definition) is 4. The SMILES string of the molecule is Brc1ccc(N[C@@H]2CC[C@H]3CNC[C@H]32)nn1.Cl.Cl. The summed E-state index contributed by atoms with van der Waals surface area (Å²) in [6.45, 7) is 2.33. The Bertz CT molecular complexity index is 376. The molecule has 2 fully saturated rings. The predicted molar refractivity (Wildman–Crippen MR) is 80.7 cm³/mol. The van der Waals surface area contributed by atoms with E-state index in [0.717, 1.165) is 28.8 Å². The highest BCUT2D eigenvalue weighted by molar-refractivity contribution is 9.10. The van der Waals surface area contributed by atoms with Gasteiger partial charge in [-0.2, -0.15) is 0 Å². The quantitative estimate of drug-likeness (QED) is 0.855. The fourth-order valence-electron chi connectivity index (χ4n) is 2.91. The van der Waals surface area contributed by atoms with E-state index in [1.807, 2.05) is 12.1 Å². The molecule has 1 saturated carbocycles. The largest absolute Gasteiger partial charge is 0.366 e. The van der Waals surface area contributed by atoms with Crippen molar-refractivity contribution in [2.24, 2.45) is 11.8 Å². The maximum Gasteiger partial charge on any atom is 0.148 e. The molecule has 1 aliphatic carbocycles. The van der Waals surface area contributed by atoms with Gasteiger partial charge in [0.15, 0.2) is 0 Å². The molecule has 102 valence electrons. The van der Waals surface area contributed by atoms with Gasteiger partial charge < -0.3 is 10.6 Å². The summed E-state index contributed by atoms with van der Waals surface area (Å²) in [5.74, 6) is 2.52. The molecule has 0 spiro atoms. The molecule has 7 heteroatoms. The molecular formula is C11H17BrCl2N4. The minimum atomic E-state index is 0. The first-order chi connectivity index (χ1) is 7.83. The average Bonchev–Trinajstić information content (AvgIpc) is 2.86. The monoisotopic (exact) mass is 354 g/mol. The summed E-state index contributed by atoms with van der Waals surface area (Å²) in [7, 11) is 0. The number of halogens is 3. The van der Waals surface area contributed by atoms with Gasteiger partial charge in [0.05, 0.1) is 0 Å². The molecule has 1 saturated heterocycles. The average molecular weight is 356 g/mol. The number of aromatic nitrogens is 2. The molecule has 2 N–H and O–H groups in total. The van der Waals surface area contributed by atoms with E-state index in [2.05, 4.69) is 36.8 Å². The molecule has 1 aromatic rings. The van der Waals surface area contributed by atoms with E-state index in [1.165, 1.54) is 19.4 Å². The van der Waals surface area contributed by atoms with Crippen LogP contribution in [0.5, 0.6) is 0 Å². The van der Waals surface area contributed by atoms with Crippen molar-refractivity contribution in [2.45, 2.75) is 18.9 Å². The second-order valence-electron chi connectivity index (χ2n) is 4.65. The van der Waals surface area contributed by atoms with E-state index in [4.69, 9.17) is 0 Å². The molecule has 3 rings (SSSR count). The Labute approximate surface area is 128 Å². The van der Waals surface area contributed by atoms with Crippen molar-refractivity contribution in [3.05, 3.63) is 16.7 Å². The number of hydrogen-bond donors (Lipinski definition) is 2. The Kier molecular flexibility index (Phi) is 6.11. The highest BCUT2D eigenvalue weighted by atomic mass is 79.9. The Hall–Kier alpha value is -0.100. The lowest BCUT2D eigenvalue weighted by Gasteiger charge is -2.19. The third-order valence-corrected chi connectivity index (χ3v) is 4.15. The van der Waals surface area contributed by atoms with Crippen LogP contribution in [-0.2, 0) is 0 Å². The van der Waals surface area contributed by atoms with Crippen LogP contribution >= 0.6 is 40.7 Å². The molecule has 0 unspecified atom stereocenters. The number of anilines is 1. The second kappa shape index (κ2) is 6.89. The van der Waals surface area contributed by atoms with E-state index in [0.29, 0.717) is 6.04 Å². The summed E-state index contributed by atoms with van der Waals surface area (Å²) >= 11 is 3.29. The van der Waals surface area contributed by atoms with Crippen LogP contribution in [0.15, 0.2) is 16.7 Å². The zero-order chi connectivity index (χ0) is 11.0. The van der Waals surface area contributed by atoms with Gasteiger partial charge in [-0.05, 0) is 59.3 Å². The molecule has 18 heavy (non-hydrogen) atoms. The van der Waals surface area contributed by atoms with Crippen molar-refractivity contribution in [1.29, 1.82) is 0 Å². The first-order valence-electron chi connectivity index (χ1n) is 5.79. The van der Waals surface area contributed by atoms with E-state index in [-0.39, 0.29) is 24.8 Å². The van der Waals surface area contributed by atoms with Crippen LogP contribution < -0.4 is 10.6 Å². The summed E-state index contributed by atoms with van der Waals surface area (Å²) in [5, 5.41) is 15.1. The lowest BCUT2D eigenvalue weighted by molar-refractivity contribution is 0.468. The smallest absolute Gasteiger partial charge is 0.148 e. The van der Waals surface area contributed by atoms with Crippen LogP contribution in [0.4, 0.5) is 5.82 Å². The molecule has 0 amide bonds. The maximum atomic E-state index is 4.13. The van der Waals surface area contributed by atoms with Gasteiger partial charge in [0.2, 0.25) is 0 Å². The van der Waals surface area contributed by atoms with Gasteiger partial charge in [0.1, 0.15) is 10.4 Å². The van der Waals surface area contributed by atoms with E-state index in [1.54, 1.807) is 0 Å². The van der Waals surface area contributed by atoms with E-state index >= 15 is 0 Å². The fourth-order valence-corrected chi connectivity index (χ4v) is 3.12. The molecule has 0 aromatic carbocycles. The van der Waals surface area contributed by atoms with Crippen molar-refractivity contribution >= 4 is 46.6 Å². The predicted octanol–water partition coefficient (Wildman–Crippen LogP) is 2.49. The summed E-state index contributed by atoms with van der Waals surface area (Å²) in [6.07, 6.45) is 2.59. The van der Waals surface area contributed by atoms with Gasteiger partial charge in [-0.1, -0.05) is 0 Å². The molecule has 3 atom stereocenters. The minimum Gasteiger partial charge on any atom is -0.366 e. The molecule has 1 aromatic heterocycles. The third-order valence-electron chi connectivity index (χ3n) is 3.72. The third kappa shape index (κ3) is 3.26. The van der Waals surface area contributed by atoms with Crippen molar-refractivity contribution in [3.8, 4) is 0 Å². The van der Waals surface area contributed by atoms with Gasteiger partial charge in [-0.25, -0.2) is 0 Å². The molecule has 2 heterocycles. The number of rotatable bonds is 2. The number of fused-ring (bicyclic) bond motifs is 1. The van der Waals surface area contributed by atoms with Gasteiger partial charge in [0.25, 0.3) is 0 Å². The van der Waals surface area contributed by atoms with Crippen molar-refractivity contribution in [2.75, 3.05) is 18.4 Å². The zero-order valence-corrected chi connectivity index (χ0v) is 13.0. The second-order valence-corrected chi connectivity index (χ2v) is 5.46. The number of nitrogens with one attached hydrogen (secondary N) is 2. The standard InChI is InChI=1S/C11H15BrN4.2ClH/c12-10-3-4-11(16-15-10)14-9-2-1-7-5-13-6-8(7)9;;/h3-4,7-9,13H,1-2,5-6H2,(H,14,16);2*1H/t7-,8+,9+;;/m0../s1. The van der Waals surface area contributed by atoms with Crippen LogP contribution in [0.25, 0.3) is 0 Å². The van der Waals surface area contributed by atoms with Crippen molar-refractivity contribution in [1.82, 2.24) is 15.5 Å². The lowest BCUT2D eigenvalue weighted by atomic mass is 9.98. The first kappa shape index (κ1) is 16.0. The molecular weight excluding hydrogens is 339 g/mol. The highest BCUT2D eigenvalue weighted by Gasteiger charge is 2.39. The van der Waals surface area contributed by atoms with Crippen LogP contribution in [0.1, 0.15) is 12.8 Å². The molecule has 0 bridgehead atoms. The summed E-state index contributed by atoms with van der Waals surface area (Å²) in [6, 6.07) is 4.47. The van der Waals surface area contributed by atoms with Crippen LogP contribution in [0, 0.1) is 11.8 Å². The molecule has 0 radical (unpaired) electrons. The topological polar surface area (TPSA) is 49.8 Å². The van der Waals surface area contributed by atoms with Crippen LogP contribution in [0.2, 0.25) is 0 Å². The molecule has 2 aliphatic rings. The Morgan fingerprint density at radius 3 is 2.72 bits per heavy atom. The number of nitrogens with zero attached hydrogens (tertiary/aromatic N) is 2. The minimum absolute atomic E-state index is 0. The Morgan fingerprint density at radius 1 is 1.17 bits per heavy atom. The molecule has 1 aliphatic heterocycles. The van der Waals surface area contributed by atoms with Crippen LogP contribution in [-0.4, -0.2) is 29.3 Å². The van der Waals surface area contributed by atoms with E-state index < -0.39 is 0 Å². The van der Waals surface area contributed by atoms with Gasteiger partial charge in [-0.3, -0.25) is 0 Å². The van der Waals surface area contributed by atoms with Gasteiger partial charge in [-0.15, -0.1) is 35.0 Å². The molecule has 4 nitrogen and oxygen atoms in total. The van der Waals surface area contributed by atoms with Crippen LogP contribution in [0.3, 0.4) is 0 Å². The Morgan fingerprint density at radius 2 is 2.00 bits per heavy atom. The summed E-state index contributed by atoms with van der Waals surface area (Å²) in [4.78, 5) is 0. The first-order valence-corrected chi connectivity index (χ1v) is 6.59. The van der Waals surface area contributed by atoms with Crippen molar-refractivity contribution < 1.29 is 0 Å². The van der Waals surface area contributed by atoms with E-state index in [9.17, 15) is 0 Å². The maximum absolute atomic E-state index is 4.13. The normalized spacial score (nSPS) is 29.1. The zero-order valence-electron chi connectivity index (χ0n) is 9.80. The summed E-state index contributed by atoms with van der Waals surface area (Å²) < 4.78 is 0.782.